The van der Waals surface area contributed by atoms with Gasteiger partial charge in [0.25, 0.3) is 12.3 Å². The second-order valence-corrected chi connectivity index (χ2v) is 8.40. The number of aromatic amines is 1. The molecule has 4 aromatic rings. The fourth-order valence-corrected chi connectivity index (χ4v) is 3.94. The molecule has 0 fully saturated rings. The number of hydrogen-bond donors (Lipinski definition) is 2. The Morgan fingerprint density at radius 1 is 1.32 bits per heavy atom. The third kappa shape index (κ3) is 3.59. The summed E-state index contributed by atoms with van der Waals surface area (Å²) in [6, 6.07) is 4.18. The van der Waals surface area contributed by atoms with Crippen LogP contribution in [-0.4, -0.2) is 49.5 Å². The predicted molar refractivity (Wildman–Crippen MR) is 112 cm³/mol. The van der Waals surface area contributed by atoms with E-state index in [9.17, 15) is 18.7 Å². The molecular weight excluding hydrogens is 452 g/mol. The van der Waals surface area contributed by atoms with E-state index in [-0.39, 0.29) is 18.3 Å². The molecule has 0 unspecified atom stereocenters. The quantitative estimate of drug-likeness (QED) is 0.450. The van der Waals surface area contributed by atoms with Gasteiger partial charge in [-0.2, -0.15) is 0 Å². The number of imidazole rings is 1. The molecule has 0 aliphatic carbocycles. The normalized spacial score (nSPS) is 16.3. The van der Waals surface area contributed by atoms with E-state index >= 15 is 0 Å². The number of rotatable bonds is 5. The summed E-state index contributed by atoms with van der Waals surface area (Å²) in [5, 5.41) is 10.2. The van der Waals surface area contributed by atoms with Gasteiger partial charge < -0.3 is 28.6 Å². The second-order valence-electron chi connectivity index (χ2n) is 8.40. The molecule has 0 saturated heterocycles. The molecule has 1 aliphatic heterocycles. The Bertz CT molecular complexity index is 1370. The van der Waals surface area contributed by atoms with Crippen LogP contribution in [0.5, 0.6) is 5.75 Å². The zero-order valence-electron chi connectivity index (χ0n) is 18.5. The van der Waals surface area contributed by atoms with Crippen LogP contribution in [0.25, 0.3) is 11.1 Å². The SMILES string of the molecule is COc1ccc2oc([C@@H]3c4nc[nH]c4CCN3C(=O)c3oc(C(C)(C)O)nc3C(F)F)nc2c1. The van der Waals surface area contributed by atoms with Gasteiger partial charge in [0.1, 0.15) is 16.9 Å². The van der Waals surface area contributed by atoms with Crippen LogP contribution in [0.4, 0.5) is 8.78 Å². The molecule has 1 aromatic carbocycles. The summed E-state index contributed by atoms with van der Waals surface area (Å²) in [6.07, 6.45) is -1.19. The van der Waals surface area contributed by atoms with Crippen molar-refractivity contribution in [1.29, 1.82) is 0 Å². The predicted octanol–water partition coefficient (Wildman–Crippen LogP) is 3.50. The molecule has 178 valence electrons. The van der Waals surface area contributed by atoms with E-state index in [1.54, 1.807) is 18.2 Å². The summed E-state index contributed by atoms with van der Waals surface area (Å²) in [7, 11) is 1.53. The molecule has 0 spiro atoms. The van der Waals surface area contributed by atoms with Crippen molar-refractivity contribution in [3.8, 4) is 5.75 Å². The number of amides is 1. The number of fused-ring (bicyclic) bond motifs is 2. The molecule has 10 nitrogen and oxygen atoms in total. The number of carbonyl (C=O) groups excluding carboxylic acids is 1. The van der Waals surface area contributed by atoms with Gasteiger partial charge in [0.05, 0.1) is 19.1 Å². The summed E-state index contributed by atoms with van der Waals surface area (Å²) in [5.74, 6) is -1.13. The number of oxazole rings is 2. The molecule has 2 N–H and O–H groups in total. The fraction of sp³-hybridized carbons (Fsp3) is 0.364. The molecule has 3 aromatic heterocycles. The average Bonchev–Trinajstić information content (AvgIpc) is 3.54. The Balaban J connectivity index is 1.61. The lowest BCUT2D eigenvalue weighted by Crippen LogP contribution is -2.41. The molecule has 0 radical (unpaired) electrons. The summed E-state index contributed by atoms with van der Waals surface area (Å²) < 4.78 is 44.0. The maximum absolute atomic E-state index is 13.7. The number of halogens is 2. The third-order valence-corrected chi connectivity index (χ3v) is 5.61. The number of ether oxygens (including phenoxy) is 1. The number of H-pyrrole nitrogens is 1. The Labute approximate surface area is 191 Å². The number of hydrogen-bond acceptors (Lipinski definition) is 8. The van der Waals surface area contributed by atoms with Gasteiger partial charge in [-0.15, -0.1) is 0 Å². The van der Waals surface area contributed by atoms with E-state index in [0.717, 1.165) is 5.69 Å². The molecule has 12 heteroatoms. The van der Waals surface area contributed by atoms with Crippen molar-refractivity contribution in [3.63, 3.8) is 0 Å². The van der Waals surface area contributed by atoms with Crippen LogP contribution >= 0.6 is 0 Å². The minimum absolute atomic E-state index is 0.155. The van der Waals surface area contributed by atoms with Gasteiger partial charge in [0.15, 0.2) is 17.3 Å². The van der Waals surface area contributed by atoms with Gasteiger partial charge in [-0.3, -0.25) is 4.79 Å². The van der Waals surface area contributed by atoms with Gasteiger partial charge in [-0.1, -0.05) is 0 Å². The highest BCUT2D eigenvalue weighted by atomic mass is 19.3. The van der Waals surface area contributed by atoms with E-state index in [1.165, 1.54) is 32.2 Å². The summed E-state index contributed by atoms with van der Waals surface area (Å²) in [4.78, 5) is 30.4. The molecule has 1 atom stereocenters. The highest BCUT2D eigenvalue weighted by Gasteiger charge is 2.41. The van der Waals surface area contributed by atoms with E-state index < -0.39 is 35.4 Å². The van der Waals surface area contributed by atoms with Crippen LogP contribution in [0.1, 0.15) is 65.7 Å². The van der Waals surface area contributed by atoms with E-state index in [4.69, 9.17) is 13.6 Å². The highest BCUT2D eigenvalue weighted by molar-refractivity contribution is 5.93. The topological polar surface area (TPSA) is 131 Å². The van der Waals surface area contributed by atoms with Crippen LogP contribution in [-0.2, 0) is 12.0 Å². The van der Waals surface area contributed by atoms with Crippen molar-refractivity contribution >= 4 is 17.0 Å². The molecule has 0 bridgehead atoms. The number of aliphatic hydroxyl groups is 1. The standard InChI is InChI=1S/C22H21F2N5O5/c1-22(2,31)21-28-15(18(23)24)17(34-21)20(30)29-7-6-11-14(26-9-25-11)16(29)19-27-12-8-10(32-3)4-5-13(12)33-19/h4-5,8-9,16,18,31H,6-7H2,1-3H3,(H,25,26)/t16-/m0/s1. The minimum atomic E-state index is -3.08. The van der Waals surface area contributed by atoms with E-state index in [0.29, 0.717) is 29.0 Å². The van der Waals surface area contributed by atoms with Crippen LogP contribution in [0.2, 0.25) is 0 Å². The Hall–Kier alpha value is -3.80. The van der Waals surface area contributed by atoms with Gasteiger partial charge in [-0.25, -0.2) is 23.7 Å². The average molecular weight is 473 g/mol. The monoisotopic (exact) mass is 473 g/mol. The first-order valence-corrected chi connectivity index (χ1v) is 10.5. The van der Waals surface area contributed by atoms with Crippen LogP contribution < -0.4 is 4.74 Å². The van der Waals surface area contributed by atoms with Crippen LogP contribution in [0.15, 0.2) is 33.4 Å². The number of methoxy groups -OCH3 is 1. The zero-order valence-corrected chi connectivity index (χ0v) is 18.5. The first-order chi connectivity index (χ1) is 16.2. The highest BCUT2D eigenvalue weighted by Crippen LogP contribution is 2.37. The van der Waals surface area contributed by atoms with E-state index in [1.807, 2.05) is 0 Å². The molecule has 5 rings (SSSR count). The van der Waals surface area contributed by atoms with Crippen molar-refractivity contribution in [2.75, 3.05) is 13.7 Å². The van der Waals surface area contributed by atoms with Crippen molar-refractivity contribution in [2.45, 2.75) is 38.3 Å². The molecule has 4 heterocycles. The molecule has 0 saturated carbocycles. The molecule has 34 heavy (non-hydrogen) atoms. The molecule has 1 aliphatic rings. The van der Waals surface area contributed by atoms with Gasteiger partial charge in [-0.05, 0) is 26.0 Å². The number of aromatic nitrogens is 4. The third-order valence-electron chi connectivity index (χ3n) is 5.61. The summed E-state index contributed by atoms with van der Waals surface area (Å²) in [6.45, 7) is 2.81. The van der Waals surface area contributed by atoms with Crippen molar-refractivity contribution in [1.82, 2.24) is 24.8 Å². The summed E-state index contributed by atoms with van der Waals surface area (Å²) >= 11 is 0. The Kier molecular flexibility index (Phi) is 5.12. The smallest absolute Gasteiger partial charge is 0.292 e. The van der Waals surface area contributed by atoms with Crippen LogP contribution in [0, 0.1) is 0 Å². The Morgan fingerprint density at radius 2 is 2.12 bits per heavy atom. The summed E-state index contributed by atoms with van der Waals surface area (Å²) in [5.41, 5.74) is -0.268. The molecule has 1 amide bonds. The number of carbonyl (C=O) groups is 1. The van der Waals surface area contributed by atoms with Crippen LogP contribution in [0.3, 0.4) is 0 Å². The number of nitrogens with zero attached hydrogens (tertiary/aromatic N) is 4. The molecular formula is C22H21F2N5O5. The van der Waals surface area contributed by atoms with Gasteiger partial charge >= 0.3 is 0 Å². The lowest BCUT2D eigenvalue weighted by Gasteiger charge is -2.32. The number of benzene rings is 1. The van der Waals surface area contributed by atoms with Gasteiger partial charge in [0, 0.05) is 24.7 Å². The largest absolute Gasteiger partial charge is 0.497 e. The number of nitrogens with one attached hydrogen (secondary N) is 1. The maximum atomic E-state index is 13.7. The first kappa shape index (κ1) is 22.0. The lowest BCUT2D eigenvalue weighted by atomic mass is 10.0. The number of alkyl halides is 2. The second kappa shape index (κ2) is 7.90. The van der Waals surface area contributed by atoms with Crippen molar-refractivity contribution in [3.05, 3.63) is 59.1 Å². The fourth-order valence-electron chi connectivity index (χ4n) is 3.94. The van der Waals surface area contributed by atoms with Gasteiger partial charge in [0.2, 0.25) is 17.5 Å². The van der Waals surface area contributed by atoms with Crippen molar-refractivity contribution < 1.29 is 32.3 Å². The Morgan fingerprint density at radius 3 is 2.82 bits per heavy atom. The van der Waals surface area contributed by atoms with E-state index in [2.05, 4.69) is 19.9 Å². The zero-order chi connectivity index (χ0) is 24.2. The maximum Gasteiger partial charge on any atom is 0.292 e. The first-order valence-electron chi connectivity index (χ1n) is 10.5. The minimum Gasteiger partial charge on any atom is -0.497 e. The lowest BCUT2D eigenvalue weighted by molar-refractivity contribution is 0.0436. The van der Waals surface area contributed by atoms with Crippen molar-refractivity contribution in [2.24, 2.45) is 0 Å².